The first-order valence-corrected chi connectivity index (χ1v) is 6.49. The van der Waals surface area contributed by atoms with Crippen molar-refractivity contribution in [2.24, 2.45) is 5.41 Å². The Morgan fingerprint density at radius 1 is 1.10 bits per heavy atom. The molecule has 0 fully saturated rings. The van der Waals surface area contributed by atoms with Gasteiger partial charge in [-0.25, -0.2) is 0 Å². The Morgan fingerprint density at radius 3 is 2.25 bits per heavy atom. The van der Waals surface area contributed by atoms with Crippen LogP contribution in [-0.2, 0) is 0 Å². The summed E-state index contributed by atoms with van der Waals surface area (Å²) in [5.41, 5.74) is 0.481. The molecule has 20 heavy (non-hydrogen) atoms. The first-order chi connectivity index (χ1) is 9.29. The summed E-state index contributed by atoms with van der Waals surface area (Å²) in [7, 11) is 0. The Bertz CT molecular complexity index is 684. The third kappa shape index (κ3) is 2.85. The number of nitro groups is 1. The van der Waals surface area contributed by atoms with Gasteiger partial charge in [0.25, 0.3) is 5.69 Å². The van der Waals surface area contributed by atoms with Gasteiger partial charge in [0, 0.05) is 18.1 Å². The van der Waals surface area contributed by atoms with Crippen LogP contribution < -0.4 is 0 Å². The maximum Gasteiger partial charge on any atom is 0.277 e. The molecule has 0 spiro atoms. The smallest absolute Gasteiger partial charge is 0.277 e. The van der Waals surface area contributed by atoms with Gasteiger partial charge >= 0.3 is 0 Å². The molecular weight excluding hydrogens is 254 g/mol. The van der Waals surface area contributed by atoms with Crippen molar-refractivity contribution in [3.8, 4) is 0 Å². The highest BCUT2D eigenvalue weighted by molar-refractivity contribution is 6.10. The molecule has 0 atom stereocenters. The predicted molar refractivity (Wildman–Crippen MR) is 79.0 cm³/mol. The molecule has 0 aromatic heterocycles. The lowest BCUT2D eigenvalue weighted by atomic mass is 9.86. The number of nitro benzene ring substituents is 1. The van der Waals surface area contributed by atoms with E-state index in [2.05, 4.69) is 0 Å². The molecule has 0 amide bonds. The third-order valence-corrected chi connectivity index (χ3v) is 3.09. The average Bonchev–Trinajstić information content (AvgIpc) is 2.35. The summed E-state index contributed by atoms with van der Waals surface area (Å²) in [6, 6.07) is 9.96. The number of hydrogen-bond acceptors (Lipinski definition) is 3. The van der Waals surface area contributed by atoms with E-state index in [1.165, 1.54) is 6.07 Å². The molecule has 4 heteroatoms. The topological polar surface area (TPSA) is 60.2 Å². The number of Topliss-reactive ketones (excluding diaryl/α,β-unsaturated/α-hetero) is 1. The quantitative estimate of drug-likeness (QED) is 0.473. The lowest BCUT2D eigenvalue weighted by Crippen LogP contribution is -2.13. The predicted octanol–water partition coefficient (Wildman–Crippen LogP) is 4.37. The van der Waals surface area contributed by atoms with E-state index in [0.29, 0.717) is 22.8 Å². The summed E-state index contributed by atoms with van der Waals surface area (Å²) in [4.78, 5) is 23.0. The van der Waals surface area contributed by atoms with Crippen LogP contribution in [0.1, 0.15) is 37.6 Å². The van der Waals surface area contributed by atoms with Crippen molar-refractivity contribution in [2.45, 2.75) is 27.2 Å². The molecular formula is C16H17NO3. The van der Waals surface area contributed by atoms with Crippen LogP contribution in [0, 0.1) is 15.5 Å². The van der Waals surface area contributed by atoms with Crippen molar-refractivity contribution in [3.05, 3.63) is 52.1 Å². The Labute approximate surface area is 117 Å². The fourth-order valence-corrected chi connectivity index (χ4v) is 2.26. The molecule has 0 unspecified atom stereocenters. The molecule has 0 saturated carbocycles. The largest absolute Gasteiger partial charge is 0.294 e. The molecule has 0 heterocycles. The van der Waals surface area contributed by atoms with Gasteiger partial charge in [-0.2, -0.15) is 0 Å². The molecule has 0 radical (unpaired) electrons. The van der Waals surface area contributed by atoms with E-state index in [4.69, 9.17) is 0 Å². The van der Waals surface area contributed by atoms with E-state index in [1.807, 2.05) is 20.8 Å². The molecule has 104 valence electrons. The van der Waals surface area contributed by atoms with Crippen LogP contribution in [0.25, 0.3) is 10.8 Å². The summed E-state index contributed by atoms with van der Waals surface area (Å²) >= 11 is 0. The fourth-order valence-electron chi connectivity index (χ4n) is 2.26. The zero-order valence-corrected chi connectivity index (χ0v) is 11.8. The minimum atomic E-state index is -0.416. The highest BCUT2D eigenvalue weighted by Gasteiger charge is 2.21. The Morgan fingerprint density at radius 2 is 1.70 bits per heavy atom. The number of fused-ring (bicyclic) bond motifs is 1. The highest BCUT2D eigenvalue weighted by atomic mass is 16.6. The van der Waals surface area contributed by atoms with E-state index >= 15 is 0 Å². The second kappa shape index (κ2) is 5.04. The van der Waals surface area contributed by atoms with Crippen LogP contribution in [0.15, 0.2) is 36.4 Å². The van der Waals surface area contributed by atoms with Gasteiger partial charge < -0.3 is 0 Å². The summed E-state index contributed by atoms with van der Waals surface area (Å²) in [5, 5.41) is 12.2. The first kappa shape index (κ1) is 14.2. The molecule has 2 rings (SSSR count). The van der Waals surface area contributed by atoms with Crippen LogP contribution in [-0.4, -0.2) is 10.7 Å². The zero-order valence-electron chi connectivity index (χ0n) is 11.8. The summed E-state index contributed by atoms with van der Waals surface area (Å²) in [6.45, 7) is 6.00. The van der Waals surface area contributed by atoms with E-state index in [0.717, 1.165) is 0 Å². The molecule has 0 saturated heterocycles. The summed E-state index contributed by atoms with van der Waals surface area (Å²) in [5.74, 6) is 0.0172. The zero-order chi connectivity index (χ0) is 14.9. The van der Waals surface area contributed by atoms with E-state index in [1.54, 1.807) is 30.3 Å². The van der Waals surface area contributed by atoms with Crippen LogP contribution in [0.5, 0.6) is 0 Å². The van der Waals surface area contributed by atoms with Crippen molar-refractivity contribution in [3.63, 3.8) is 0 Å². The SMILES string of the molecule is CC(C)(C)CC(=O)c1ccc([N+](=O)[O-])c2ccccc12. The Kier molecular flexibility index (Phi) is 3.57. The summed E-state index contributed by atoms with van der Waals surface area (Å²) < 4.78 is 0. The number of carbonyl (C=O) groups excluding carboxylic acids is 1. The third-order valence-electron chi connectivity index (χ3n) is 3.09. The van der Waals surface area contributed by atoms with E-state index in [9.17, 15) is 14.9 Å². The monoisotopic (exact) mass is 271 g/mol. The van der Waals surface area contributed by atoms with Crippen LogP contribution >= 0.6 is 0 Å². The highest BCUT2D eigenvalue weighted by Crippen LogP contribution is 2.30. The number of non-ortho nitro benzene ring substituents is 1. The molecule has 4 nitrogen and oxygen atoms in total. The number of carbonyl (C=O) groups is 1. The van der Waals surface area contributed by atoms with Gasteiger partial charge in [-0.1, -0.05) is 39.0 Å². The molecule has 0 aliphatic heterocycles. The normalized spacial score (nSPS) is 11.6. The number of rotatable bonds is 3. The number of benzene rings is 2. The van der Waals surface area contributed by atoms with E-state index < -0.39 is 4.92 Å². The van der Waals surface area contributed by atoms with Crippen molar-refractivity contribution < 1.29 is 9.72 Å². The van der Waals surface area contributed by atoms with Gasteiger partial charge in [0.1, 0.15) is 0 Å². The van der Waals surface area contributed by atoms with Gasteiger partial charge in [-0.3, -0.25) is 14.9 Å². The Hall–Kier alpha value is -2.23. The second-order valence-electron chi connectivity index (χ2n) is 6.10. The fraction of sp³-hybridized carbons (Fsp3) is 0.312. The molecule has 0 aliphatic carbocycles. The molecule has 0 bridgehead atoms. The number of hydrogen-bond donors (Lipinski definition) is 0. The number of ketones is 1. The number of nitrogens with zero attached hydrogens (tertiary/aromatic N) is 1. The van der Waals surface area contributed by atoms with Crippen molar-refractivity contribution in [2.75, 3.05) is 0 Å². The molecule has 0 N–H and O–H groups in total. The van der Waals surface area contributed by atoms with Crippen molar-refractivity contribution >= 4 is 22.2 Å². The van der Waals surface area contributed by atoms with Gasteiger partial charge in [0.05, 0.1) is 10.3 Å². The van der Waals surface area contributed by atoms with Crippen molar-refractivity contribution in [1.82, 2.24) is 0 Å². The minimum Gasteiger partial charge on any atom is -0.294 e. The lowest BCUT2D eigenvalue weighted by Gasteiger charge is -2.17. The van der Waals surface area contributed by atoms with Gasteiger partial charge in [-0.05, 0) is 22.9 Å². The Balaban J connectivity index is 2.59. The van der Waals surface area contributed by atoms with Crippen LogP contribution in [0.3, 0.4) is 0 Å². The standard InChI is InChI=1S/C16H17NO3/c1-16(2,3)10-15(18)13-8-9-14(17(19)20)12-7-5-4-6-11(12)13/h4-9H,10H2,1-3H3. The van der Waals surface area contributed by atoms with Crippen LogP contribution in [0.2, 0.25) is 0 Å². The van der Waals surface area contributed by atoms with Gasteiger partial charge in [-0.15, -0.1) is 0 Å². The molecule has 2 aromatic rings. The second-order valence-corrected chi connectivity index (χ2v) is 6.10. The van der Waals surface area contributed by atoms with Gasteiger partial charge in [0.15, 0.2) is 5.78 Å². The first-order valence-electron chi connectivity index (χ1n) is 6.49. The minimum absolute atomic E-state index is 0.0172. The maximum absolute atomic E-state index is 12.4. The van der Waals surface area contributed by atoms with Gasteiger partial charge in [0.2, 0.25) is 0 Å². The maximum atomic E-state index is 12.4. The summed E-state index contributed by atoms with van der Waals surface area (Å²) in [6.07, 6.45) is 0.412. The average molecular weight is 271 g/mol. The molecule has 0 aliphatic rings. The van der Waals surface area contributed by atoms with Crippen LogP contribution in [0.4, 0.5) is 5.69 Å². The van der Waals surface area contributed by atoms with E-state index in [-0.39, 0.29) is 16.9 Å². The van der Waals surface area contributed by atoms with Crippen molar-refractivity contribution in [1.29, 1.82) is 0 Å². The molecule has 2 aromatic carbocycles. The lowest BCUT2D eigenvalue weighted by molar-refractivity contribution is -0.383.